The second kappa shape index (κ2) is 33.8. The summed E-state index contributed by atoms with van der Waals surface area (Å²) in [5.74, 6) is -5.20. The molecule has 12 aliphatic carbocycles. The summed E-state index contributed by atoms with van der Waals surface area (Å²) in [5, 5.41) is 9.74. The summed E-state index contributed by atoms with van der Waals surface area (Å²) >= 11 is 0. The predicted molar refractivity (Wildman–Crippen MR) is 480 cm³/mol. The van der Waals surface area contributed by atoms with Gasteiger partial charge in [0.1, 0.15) is 40.7 Å². The third-order valence-electron chi connectivity index (χ3n) is 35.7. The Hall–Kier alpha value is -6.89. The summed E-state index contributed by atoms with van der Waals surface area (Å²) < 4.78 is 69.7. The molecule has 24 rings (SSSR count). The number of carboxylic acid groups (broad SMARTS) is 1. The first-order chi connectivity index (χ1) is 60.0. The van der Waals surface area contributed by atoms with Crippen molar-refractivity contribution in [3.63, 3.8) is 0 Å². The van der Waals surface area contributed by atoms with Crippen molar-refractivity contribution in [1.82, 2.24) is 0 Å². The standard InChI is InChI=1S/4C18H28O4.C17H24O6.C16H24O4/c1-6-15(2,3)13(19)22-18-8-12-7-16(4,10-18)9-17(5,11-18)14(20)21-12;1-6-15(2,3)13(19)22-18-10-16(4)7-12(21-14(18)20)8-17(5,9-16)11-18;1-6-15(2,3)14(20)22-18-8-12-7-16(4,10-18)9-17(5,11-18)21-13(12)19;1-6-15(2,3)14(20)22-18-10-16(4)7-12(13(19)21-18)8-17(5,9-16)11-18;1-4-15(2,3)14(21)23-17-6-10-5-16(9-17,13(19)20)7-11(8-17)22-12(10)18;1-4-15(2,3)14(18)20-16-8-10-5-11(9-16)7-12(6-10)13(17)19-16/h4*12H,6-11H2,1-5H3;10-11H,4-9H2,1-3H3,(H,19,20);10-12H,4-9H2,1-3H3. The summed E-state index contributed by atoms with van der Waals surface area (Å²) in [6.45, 7) is 51.7. The first-order valence-electron chi connectivity index (χ1n) is 49.9. The van der Waals surface area contributed by atoms with Crippen molar-refractivity contribution in [2.75, 3.05) is 0 Å². The molecule has 12 saturated heterocycles. The minimum absolute atomic E-state index is 0.0153. The number of hydrogen-bond donors (Lipinski definition) is 1. The second-order valence-corrected chi connectivity index (χ2v) is 52.3. The number of fused-ring (bicyclic) bond motifs is 6. The van der Waals surface area contributed by atoms with E-state index in [9.17, 15) is 67.4 Å². The number of hydrogen-bond acceptors (Lipinski definition) is 25. The highest BCUT2D eigenvalue weighted by Crippen LogP contribution is 2.68. The summed E-state index contributed by atoms with van der Waals surface area (Å²) in [6, 6.07) is 0. The van der Waals surface area contributed by atoms with Gasteiger partial charge in [0.2, 0.25) is 5.60 Å². The van der Waals surface area contributed by atoms with Gasteiger partial charge in [-0.05, 0) is 283 Å². The highest BCUT2D eigenvalue weighted by atomic mass is 16.7. The molecule has 131 heavy (non-hydrogen) atoms. The zero-order valence-corrected chi connectivity index (χ0v) is 84.3. The second-order valence-electron chi connectivity index (χ2n) is 52.3. The van der Waals surface area contributed by atoms with Gasteiger partial charge in [-0.15, -0.1) is 0 Å². The fourth-order valence-electron chi connectivity index (χ4n) is 28.7. The Morgan fingerprint density at radius 1 is 0.305 bits per heavy atom. The van der Waals surface area contributed by atoms with Gasteiger partial charge >= 0.3 is 77.6 Å². The third-order valence-corrected chi connectivity index (χ3v) is 35.7. The molecule has 12 heterocycles. The molecule has 0 aromatic carbocycles. The van der Waals surface area contributed by atoms with Crippen molar-refractivity contribution in [3.8, 4) is 0 Å². The van der Waals surface area contributed by atoms with Crippen molar-refractivity contribution in [2.45, 2.75) is 469 Å². The first kappa shape index (κ1) is 102. The fourth-order valence-corrected chi connectivity index (χ4v) is 28.7. The Labute approximate surface area is 778 Å². The lowest BCUT2D eigenvalue weighted by Gasteiger charge is -2.54. The summed E-state index contributed by atoms with van der Waals surface area (Å²) in [5.41, 5.74) is -8.12. The molecule has 0 spiro atoms. The van der Waals surface area contributed by atoms with Crippen LogP contribution in [0.1, 0.15) is 411 Å². The molecule has 24 aliphatic rings. The van der Waals surface area contributed by atoms with Crippen molar-refractivity contribution in [2.24, 2.45) is 111 Å². The number of carbonyl (C=O) groups is 13. The number of carbonyl (C=O) groups excluding carboxylic acids is 12. The molecule has 26 nitrogen and oxygen atoms in total. The van der Waals surface area contributed by atoms with Crippen molar-refractivity contribution in [1.29, 1.82) is 0 Å². The minimum atomic E-state index is -1.07. The molecule has 26 heteroatoms. The molecule has 24 fully saturated rings. The van der Waals surface area contributed by atoms with Gasteiger partial charge < -0.3 is 61.9 Å². The van der Waals surface area contributed by atoms with E-state index in [1.165, 1.54) is 0 Å². The van der Waals surface area contributed by atoms with E-state index in [-0.39, 0.29) is 147 Å². The lowest BCUT2D eigenvalue weighted by molar-refractivity contribution is -0.260. The molecule has 0 aromatic heterocycles. The third kappa shape index (κ3) is 20.3. The lowest BCUT2D eigenvalue weighted by Crippen LogP contribution is -2.56. The van der Waals surface area contributed by atoms with Crippen molar-refractivity contribution >= 4 is 77.6 Å². The highest BCUT2D eigenvalue weighted by Gasteiger charge is 2.71. The highest BCUT2D eigenvalue weighted by molar-refractivity contribution is 5.87. The molecule has 12 saturated carbocycles. The molecule has 18 unspecified atom stereocenters. The van der Waals surface area contributed by atoms with Crippen LogP contribution in [0, 0.1) is 111 Å². The molecule has 0 amide bonds. The Morgan fingerprint density at radius 2 is 0.656 bits per heavy atom. The Balaban J connectivity index is 0.000000134. The van der Waals surface area contributed by atoms with E-state index in [1.807, 2.05) is 138 Å². The lowest BCUT2D eigenvalue weighted by atomic mass is 9.52. The number of aliphatic carboxylic acids is 1. The number of carboxylic acids is 1. The van der Waals surface area contributed by atoms with Gasteiger partial charge in [-0.2, -0.15) is 0 Å². The predicted octanol–water partition coefficient (Wildman–Crippen LogP) is 20.0. The fraction of sp³-hybridized carbons (Fsp3) is 0.876. The van der Waals surface area contributed by atoms with Crippen LogP contribution >= 0.6 is 0 Å². The van der Waals surface area contributed by atoms with Gasteiger partial charge in [0.25, 0.3) is 11.6 Å². The van der Waals surface area contributed by atoms with Crippen LogP contribution in [0.25, 0.3) is 0 Å². The Kier molecular flexibility index (Phi) is 26.2. The van der Waals surface area contributed by atoms with Gasteiger partial charge in [0, 0.05) is 89.9 Å². The number of esters is 12. The Bertz CT molecular complexity index is 4450. The quantitative estimate of drug-likeness (QED) is 0.0927. The van der Waals surface area contributed by atoms with Crippen LogP contribution in [-0.4, -0.2) is 141 Å². The molecule has 0 aromatic rings. The van der Waals surface area contributed by atoms with E-state index < -0.39 is 101 Å². The van der Waals surface area contributed by atoms with Crippen LogP contribution < -0.4 is 0 Å². The molecule has 1 N–H and O–H groups in total. The largest absolute Gasteiger partial charge is 0.481 e. The van der Waals surface area contributed by atoms with Gasteiger partial charge in [-0.25, -0.2) is 4.79 Å². The van der Waals surface area contributed by atoms with Gasteiger partial charge in [-0.3, -0.25) is 57.5 Å². The minimum Gasteiger partial charge on any atom is -0.481 e. The molecule has 18 atom stereocenters. The molecule has 0 radical (unpaired) electrons. The molecule has 24 bridgehead atoms. The zero-order valence-electron chi connectivity index (χ0n) is 84.3. The van der Waals surface area contributed by atoms with Gasteiger partial charge in [0.15, 0.2) is 0 Å². The summed E-state index contributed by atoms with van der Waals surface area (Å²) in [6.07, 6.45) is 25.6. The van der Waals surface area contributed by atoms with E-state index in [1.54, 1.807) is 0 Å². The molecule has 736 valence electrons. The van der Waals surface area contributed by atoms with Crippen molar-refractivity contribution in [3.05, 3.63) is 0 Å². The first-order valence-corrected chi connectivity index (χ1v) is 49.9. The molecular weight excluding hydrogens is 1680 g/mol. The van der Waals surface area contributed by atoms with Gasteiger partial charge in [0.05, 0.1) is 67.0 Å². The molecule has 12 aliphatic heterocycles. The topological polar surface area (TPSA) is 353 Å². The maximum absolute atomic E-state index is 12.7. The average Bonchev–Trinajstić information content (AvgIpc) is 1.63. The van der Waals surface area contributed by atoms with Crippen LogP contribution in [0.4, 0.5) is 0 Å². The SMILES string of the molecule is CCC(C)(C)C(=O)OC12CC3(C)CC(CC(C)(C3)C1)C(=O)O2.CCC(C)(C)C(=O)OC12CC3(C)CC(CC(C)(C3)C1)OC2=O.CCC(C)(C)C(=O)OC12CC3CC(C(=O)O)(CC(C1)C(=O)O3)C2.CCC(C)(C)C(=O)OC12CC3CC(C)(C1)CC(C)(C2)C(=O)O3.CCC(C)(C)C(=O)OC12CC3CC(C)(CC(C)(C1)OC3=O)C2.CCC(C)(C)C(=O)OC12CC3CC(CC(C3)C(=O)O1)C2. The zero-order chi connectivity index (χ0) is 97.1. The van der Waals surface area contributed by atoms with E-state index >= 15 is 0 Å². The van der Waals surface area contributed by atoms with E-state index in [0.717, 1.165) is 109 Å². The number of rotatable bonds is 19. The van der Waals surface area contributed by atoms with E-state index in [4.69, 9.17) is 56.8 Å². The van der Waals surface area contributed by atoms with Crippen molar-refractivity contribution < 1.29 is 124 Å². The smallest absolute Gasteiger partial charge is 0.350 e. The molecular formula is C105H160O26. The van der Waals surface area contributed by atoms with Gasteiger partial charge in [-0.1, -0.05) is 83.1 Å². The van der Waals surface area contributed by atoms with E-state index in [0.29, 0.717) is 121 Å². The van der Waals surface area contributed by atoms with Crippen LogP contribution in [0.3, 0.4) is 0 Å². The number of ether oxygens (including phenoxy) is 12. The monoisotopic (exact) mass is 1840 g/mol. The van der Waals surface area contributed by atoms with Crippen LogP contribution in [0.2, 0.25) is 0 Å². The Morgan fingerprint density at radius 3 is 1.13 bits per heavy atom. The maximum Gasteiger partial charge on any atom is 0.350 e. The van der Waals surface area contributed by atoms with Crippen LogP contribution in [0.5, 0.6) is 0 Å². The summed E-state index contributed by atoms with van der Waals surface area (Å²) in [7, 11) is 0. The normalized spacial score (nSPS) is 42.2. The van der Waals surface area contributed by atoms with E-state index in [2.05, 4.69) is 41.5 Å². The van der Waals surface area contributed by atoms with Crippen LogP contribution in [0.15, 0.2) is 0 Å². The van der Waals surface area contributed by atoms with Crippen LogP contribution in [-0.2, 0) is 119 Å². The average molecular weight is 1840 g/mol. The maximum atomic E-state index is 12.7. The summed E-state index contributed by atoms with van der Waals surface area (Å²) in [4.78, 5) is 162.